The maximum Gasteiger partial charge on any atom is 0.0672 e. The summed E-state index contributed by atoms with van der Waals surface area (Å²) in [6.45, 7) is 8.32. The first-order valence-corrected chi connectivity index (χ1v) is 6.40. The fraction of sp³-hybridized carbons (Fsp3) is 0.400. The van der Waals surface area contributed by atoms with Gasteiger partial charge >= 0.3 is 0 Å². The lowest BCUT2D eigenvalue weighted by Gasteiger charge is -2.06. The van der Waals surface area contributed by atoms with Crippen molar-refractivity contribution in [3.63, 3.8) is 0 Å². The van der Waals surface area contributed by atoms with Gasteiger partial charge in [-0.1, -0.05) is 24.3 Å². The standard InChI is InChI=1S/C15H21N3/c1-10(2)18-9-15(12(4)17-18)14-7-5-13(6-8-14)11(3)16/h5-11H,16H2,1-4H3. The molecule has 2 N–H and O–H groups in total. The quantitative estimate of drug-likeness (QED) is 0.897. The minimum absolute atomic E-state index is 0.0820. The third-order valence-corrected chi connectivity index (χ3v) is 3.19. The zero-order chi connectivity index (χ0) is 13.3. The molecule has 0 saturated heterocycles. The Morgan fingerprint density at radius 1 is 1.11 bits per heavy atom. The second kappa shape index (κ2) is 4.94. The lowest BCUT2D eigenvalue weighted by molar-refractivity contribution is 0.529. The Balaban J connectivity index is 2.36. The Labute approximate surface area is 109 Å². The van der Waals surface area contributed by atoms with E-state index in [-0.39, 0.29) is 6.04 Å². The summed E-state index contributed by atoms with van der Waals surface area (Å²) in [5, 5.41) is 4.54. The Hall–Kier alpha value is -1.61. The monoisotopic (exact) mass is 243 g/mol. The summed E-state index contributed by atoms with van der Waals surface area (Å²) < 4.78 is 2.00. The first-order chi connectivity index (χ1) is 8.49. The van der Waals surface area contributed by atoms with Gasteiger partial charge in [-0.15, -0.1) is 0 Å². The minimum Gasteiger partial charge on any atom is -0.324 e. The van der Waals surface area contributed by atoms with Crippen LogP contribution in [0.2, 0.25) is 0 Å². The van der Waals surface area contributed by atoms with Crippen LogP contribution in [0.25, 0.3) is 11.1 Å². The van der Waals surface area contributed by atoms with E-state index in [1.165, 1.54) is 11.1 Å². The molecule has 0 aliphatic rings. The Kier molecular flexibility index (Phi) is 3.53. The summed E-state index contributed by atoms with van der Waals surface area (Å²) in [5.74, 6) is 0. The van der Waals surface area contributed by atoms with E-state index in [0.717, 1.165) is 11.3 Å². The molecule has 1 atom stereocenters. The number of aryl methyl sites for hydroxylation is 1. The first kappa shape index (κ1) is 12.8. The van der Waals surface area contributed by atoms with Crippen LogP contribution in [-0.4, -0.2) is 9.78 Å². The van der Waals surface area contributed by atoms with Crippen molar-refractivity contribution in [2.75, 3.05) is 0 Å². The van der Waals surface area contributed by atoms with Crippen molar-refractivity contribution in [2.24, 2.45) is 5.73 Å². The van der Waals surface area contributed by atoms with Crippen molar-refractivity contribution >= 4 is 0 Å². The lowest BCUT2D eigenvalue weighted by Crippen LogP contribution is -2.04. The number of hydrogen-bond acceptors (Lipinski definition) is 2. The van der Waals surface area contributed by atoms with Crippen molar-refractivity contribution in [1.29, 1.82) is 0 Å². The van der Waals surface area contributed by atoms with E-state index >= 15 is 0 Å². The molecule has 1 aromatic carbocycles. The van der Waals surface area contributed by atoms with Gasteiger partial charge in [0.15, 0.2) is 0 Å². The summed E-state index contributed by atoms with van der Waals surface area (Å²) in [5.41, 5.74) is 10.5. The van der Waals surface area contributed by atoms with E-state index in [1.54, 1.807) is 0 Å². The van der Waals surface area contributed by atoms with Crippen molar-refractivity contribution < 1.29 is 0 Å². The average molecular weight is 243 g/mol. The van der Waals surface area contributed by atoms with Gasteiger partial charge in [0.25, 0.3) is 0 Å². The van der Waals surface area contributed by atoms with Crippen LogP contribution >= 0.6 is 0 Å². The van der Waals surface area contributed by atoms with Crippen LogP contribution in [0.5, 0.6) is 0 Å². The number of rotatable bonds is 3. The number of hydrogen-bond donors (Lipinski definition) is 1. The highest BCUT2D eigenvalue weighted by atomic mass is 15.3. The van der Waals surface area contributed by atoms with Crippen LogP contribution in [-0.2, 0) is 0 Å². The normalized spacial score (nSPS) is 13.0. The molecule has 18 heavy (non-hydrogen) atoms. The molecule has 1 unspecified atom stereocenters. The lowest BCUT2D eigenvalue weighted by atomic mass is 10.0. The molecule has 2 aromatic rings. The maximum atomic E-state index is 5.86. The highest BCUT2D eigenvalue weighted by Crippen LogP contribution is 2.25. The van der Waals surface area contributed by atoms with E-state index in [0.29, 0.717) is 6.04 Å². The van der Waals surface area contributed by atoms with Crippen LogP contribution in [0.4, 0.5) is 0 Å². The zero-order valence-electron chi connectivity index (χ0n) is 11.5. The van der Waals surface area contributed by atoms with Crippen LogP contribution in [0.15, 0.2) is 30.5 Å². The Morgan fingerprint density at radius 3 is 2.17 bits per heavy atom. The first-order valence-electron chi connectivity index (χ1n) is 6.40. The molecule has 0 aliphatic heterocycles. The fourth-order valence-corrected chi connectivity index (χ4v) is 2.00. The van der Waals surface area contributed by atoms with Crippen LogP contribution in [0.1, 0.15) is 44.1 Å². The summed E-state index contributed by atoms with van der Waals surface area (Å²) in [4.78, 5) is 0. The summed E-state index contributed by atoms with van der Waals surface area (Å²) in [6.07, 6.45) is 2.11. The molecular formula is C15H21N3. The summed E-state index contributed by atoms with van der Waals surface area (Å²) in [6, 6.07) is 8.89. The van der Waals surface area contributed by atoms with Gasteiger partial charge < -0.3 is 5.73 Å². The predicted octanol–water partition coefficient (Wildman–Crippen LogP) is 3.46. The summed E-state index contributed by atoms with van der Waals surface area (Å²) in [7, 11) is 0. The van der Waals surface area contributed by atoms with Crippen LogP contribution < -0.4 is 5.73 Å². The molecule has 0 radical (unpaired) electrons. The van der Waals surface area contributed by atoms with Gasteiger partial charge in [-0.3, -0.25) is 4.68 Å². The van der Waals surface area contributed by atoms with Gasteiger partial charge in [-0.25, -0.2) is 0 Å². The molecule has 0 fully saturated rings. The van der Waals surface area contributed by atoms with E-state index in [4.69, 9.17) is 5.73 Å². The van der Waals surface area contributed by atoms with E-state index in [2.05, 4.69) is 49.4 Å². The van der Waals surface area contributed by atoms with Crippen LogP contribution in [0, 0.1) is 6.92 Å². The second-order valence-corrected chi connectivity index (χ2v) is 5.11. The molecule has 0 bridgehead atoms. The maximum absolute atomic E-state index is 5.86. The molecular weight excluding hydrogens is 222 g/mol. The molecule has 3 nitrogen and oxygen atoms in total. The number of nitrogens with two attached hydrogens (primary N) is 1. The number of aromatic nitrogens is 2. The van der Waals surface area contributed by atoms with Gasteiger partial charge in [0.1, 0.15) is 0 Å². The average Bonchev–Trinajstić information content (AvgIpc) is 2.71. The second-order valence-electron chi connectivity index (χ2n) is 5.11. The van der Waals surface area contributed by atoms with Crippen molar-refractivity contribution in [2.45, 2.75) is 39.8 Å². The Morgan fingerprint density at radius 2 is 1.72 bits per heavy atom. The minimum atomic E-state index is 0.0820. The topological polar surface area (TPSA) is 43.8 Å². The van der Waals surface area contributed by atoms with Crippen LogP contribution in [0.3, 0.4) is 0 Å². The molecule has 0 saturated carbocycles. The molecule has 0 spiro atoms. The van der Waals surface area contributed by atoms with Gasteiger partial charge in [0.05, 0.1) is 5.69 Å². The number of benzene rings is 1. The fourth-order valence-electron chi connectivity index (χ4n) is 2.00. The van der Waals surface area contributed by atoms with Crippen molar-refractivity contribution in [3.8, 4) is 11.1 Å². The van der Waals surface area contributed by atoms with Crippen molar-refractivity contribution in [1.82, 2.24) is 9.78 Å². The molecule has 0 aliphatic carbocycles. The summed E-state index contributed by atoms with van der Waals surface area (Å²) >= 11 is 0. The number of nitrogens with zero attached hydrogens (tertiary/aromatic N) is 2. The molecule has 0 amide bonds. The molecule has 1 heterocycles. The molecule has 3 heteroatoms. The van der Waals surface area contributed by atoms with Crippen molar-refractivity contribution in [3.05, 3.63) is 41.7 Å². The largest absolute Gasteiger partial charge is 0.324 e. The Bertz CT molecular complexity index is 521. The zero-order valence-corrected chi connectivity index (χ0v) is 11.5. The van der Waals surface area contributed by atoms with Gasteiger partial charge in [-0.2, -0.15) is 5.10 Å². The SMILES string of the molecule is Cc1nn(C(C)C)cc1-c1ccc(C(C)N)cc1. The van der Waals surface area contributed by atoms with E-state index < -0.39 is 0 Å². The third-order valence-electron chi connectivity index (χ3n) is 3.19. The molecule has 2 rings (SSSR count). The van der Waals surface area contributed by atoms with Gasteiger partial charge in [0.2, 0.25) is 0 Å². The smallest absolute Gasteiger partial charge is 0.0672 e. The van der Waals surface area contributed by atoms with E-state index in [1.807, 2.05) is 18.5 Å². The van der Waals surface area contributed by atoms with Gasteiger partial charge in [0, 0.05) is 23.8 Å². The highest BCUT2D eigenvalue weighted by molar-refractivity contribution is 5.65. The third kappa shape index (κ3) is 2.46. The predicted molar refractivity (Wildman–Crippen MR) is 75.4 cm³/mol. The van der Waals surface area contributed by atoms with E-state index in [9.17, 15) is 0 Å². The molecule has 1 aromatic heterocycles. The van der Waals surface area contributed by atoms with Gasteiger partial charge in [-0.05, 0) is 38.8 Å². The highest BCUT2D eigenvalue weighted by Gasteiger charge is 2.09. The molecule has 96 valence electrons.